The van der Waals surface area contributed by atoms with Crippen LogP contribution in [-0.4, -0.2) is 61.5 Å². The highest BCUT2D eigenvalue weighted by Crippen LogP contribution is 2.48. The number of hydrogen-bond acceptors (Lipinski definition) is 7. The zero-order valence-corrected chi connectivity index (χ0v) is 18.8. The van der Waals surface area contributed by atoms with Gasteiger partial charge < -0.3 is 29.2 Å². The molecule has 8 heteroatoms. The van der Waals surface area contributed by atoms with Crippen LogP contribution in [0, 0.1) is 17.8 Å². The average Bonchev–Trinajstić information content (AvgIpc) is 3.07. The molecular weight excluding hydrogens is 416 g/mol. The lowest BCUT2D eigenvalue weighted by molar-refractivity contribution is -0.139. The van der Waals surface area contributed by atoms with E-state index in [1.54, 1.807) is 0 Å². The highest BCUT2D eigenvalue weighted by molar-refractivity contribution is 5.68. The summed E-state index contributed by atoms with van der Waals surface area (Å²) in [4.78, 5) is 22.7. The zero-order chi connectivity index (χ0) is 23.1. The fourth-order valence-corrected chi connectivity index (χ4v) is 5.18. The fourth-order valence-electron chi connectivity index (χ4n) is 5.18. The van der Waals surface area contributed by atoms with Crippen molar-refractivity contribution in [2.45, 2.75) is 57.7 Å². The molecule has 1 aromatic carbocycles. The number of carboxylic acids is 1. The topological polar surface area (TPSA) is 112 Å². The van der Waals surface area contributed by atoms with Gasteiger partial charge in [0.05, 0.1) is 12.7 Å². The minimum atomic E-state index is -0.997. The van der Waals surface area contributed by atoms with E-state index in [1.165, 1.54) is 12.7 Å². The van der Waals surface area contributed by atoms with Crippen LogP contribution < -0.4 is 4.74 Å². The summed E-state index contributed by atoms with van der Waals surface area (Å²) in [7, 11) is 1.54. The van der Waals surface area contributed by atoms with Gasteiger partial charge in [-0.2, -0.15) is 0 Å². The molecule has 0 aliphatic heterocycles. The maximum absolute atomic E-state index is 11.8. The third-order valence-corrected chi connectivity index (χ3v) is 6.74. The van der Waals surface area contributed by atoms with Crippen LogP contribution >= 0.6 is 0 Å². The lowest BCUT2D eigenvalue weighted by Gasteiger charge is -2.32. The minimum absolute atomic E-state index is 0.138. The van der Waals surface area contributed by atoms with E-state index in [-0.39, 0.29) is 25.2 Å². The first-order chi connectivity index (χ1) is 15.4. The zero-order valence-electron chi connectivity index (χ0n) is 18.8. The van der Waals surface area contributed by atoms with Gasteiger partial charge in [-0.15, -0.1) is 0 Å². The van der Waals surface area contributed by atoms with Gasteiger partial charge in [0.25, 0.3) is 0 Å². The summed E-state index contributed by atoms with van der Waals surface area (Å²) in [6.07, 6.45) is 3.15. The largest absolute Gasteiger partial charge is 0.508 e. The summed E-state index contributed by atoms with van der Waals surface area (Å²) in [5.41, 5.74) is 2.23. The van der Waals surface area contributed by atoms with Crippen LogP contribution in [0.1, 0.15) is 43.7 Å². The smallest absolute Gasteiger partial charge is 0.482 e. The second-order valence-electron chi connectivity index (χ2n) is 8.69. The first kappa shape index (κ1) is 24.3. The molecule has 2 aliphatic rings. The highest BCUT2D eigenvalue weighted by atomic mass is 16.7. The van der Waals surface area contributed by atoms with Crippen molar-refractivity contribution < 1.29 is 38.7 Å². The monoisotopic (exact) mass is 450 g/mol. The molecule has 1 saturated carbocycles. The first-order valence-corrected chi connectivity index (χ1v) is 11.4. The van der Waals surface area contributed by atoms with Crippen molar-refractivity contribution in [2.75, 3.05) is 26.9 Å². The Morgan fingerprint density at radius 1 is 1.22 bits per heavy atom. The second-order valence-corrected chi connectivity index (χ2v) is 8.69. The molecule has 5 atom stereocenters. The number of carbonyl (C=O) groups excluding carboxylic acids is 1. The molecule has 0 aromatic heterocycles. The molecule has 8 nitrogen and oxygen atoms in total. The van der Waals surface area contributed by atoms with Crippen LogP contribution in [0.5, 0.6) is 5.75 Å². The number of fused-ring (bicyclic) bond motifs is 2. The molecule has 0 radical (unpaired) electrons. The Balaban J connectivity index is 1.59. The average molecular weight is 451 g/mol. The van der Waals surface area contributed by atoms with Crippen LogP contribution in [0.15, 0.2) is 18.2 Å². The summed E-state index contributed by atoms with van der Waals surface area (Å²) in [6, 6.07) is 5.78. The number of aliphatic carboxylic acids is 1. The number of aliphatic hydroxyl groups is 1. The third kappa shape index (κ3) is 6.13. The van der Waals surface area contributed by atoms with Gasteiger partial charge >= 0.3 is 12.1 Å². The van der Waals surface area contributed by atoms with Crippen LogP contribution in [0.25, 0.3) is 0 Å². The number of methoxy groups -OCH3 is 1. The molecule has 1 aromatic rings. The van der Waals surface area contributed by atoms with Crippen LogP contribution in [0.2, 0.25) is 0 Å². The molecule has 0 bridgehead atoms. The maximum Gasteiger partial charge on any atom is 0.508 e. The number of carboxylic acid groups (broad SMARTS) is 1. The quantitative estimate of drug-likeness (QED) is 0.390. The molecule has 32 heavy (non-hydrogen) atoms. The normalized spacial score (nSPS) is 24.8. The second kappa shape index (κ2) is 11.5. The standard InChI is InChI=1S/C24H34O8/c1-3-17(32-24(28)30-10-9-29-2)7-8-18-19-11-15-5-4-6-22(31-14-23(26)27)20(15)12-16(19)13-21(18)25/h4-6,16-19,21,25H,3,7-14H2,1-2H3,(H,26,27)/t16-,17-,18+,19-,21+/m0/s1. The van der Waals surface area contributed by atoms with E-state index in [2.05, 4.69) is 6.07 Å². The molecule has 0 heterocycles. The van der Waals surface area contributed by atoms with Crippen molar-refractivity contribution in [2.24, 2.45) is 17.8 Å². The first-order valence-electron chi connectivity index (χ1n) is 11.4. The van der Waals surface area contributed by atoms with E-state index in [9.17, 15) is 14.7 Å². The van der Waals surface area contributed by atoms with Gasteiger partial charge in [-0.05, 0) is 73.5 Å². The lowest BCUT2D eigenvalue weighted by Crippen LogP contribution is -2.29. The van der Waals surface area contributed by atoms with Crippen LogP contribution in [0.4, 0.5) is 4.79 Å². The number of carbonyl (C=O) groups is 2. The van der Waals surface area contributed by atoms with Crippen molar-refractivity contribution in [1.82, 2.24) is 0 Å². The molecule has 1 fully saturated rings. The predicted octanol–water partition coefficient (Wildman–Crippen LogP) is 3.22. The molecular formula is C24H34O8. The summed E-state index contributed by atoms with van der Waals surface area (Å²) >= 11 is 0. The van der Waals surface area contributed by atoms with E-state index in [0.717, 1.165) is 31.2 Å². The van der Waals surface area contributed by atoms with Gasteiger partial charge in [-0.3, -0.25) is 0 Å². The van der Waals surface area contributed by atoms with Gasteiger partial charge in [0, 0.05) is 7.11 Å². The summed E-state index contributed by atoms with van der Waals surface area (Å²) in [6.45, 7) is 2.10. The fraction of sp³-hybridized carbons (Fsp3) is 0.667. The van der Waals surface area contributed by atoms with Crippen molar-refractivity contribution in [3.05, 3.63) is 29.3 Å². The Morgan fingerprint density at radius 2 is 2.03 bits per heavy atom. The van der Waals surface area contributed by atoms with Gasteiger partial charge in [0.15, 0.2) is 6.61 Å². The van der Waals surface area contributed by atoms with Crippen molar-refractivity contribution >= 4 is 12.1 Å². The highest BCUT2D eigenvalue weighted by Gasteiger charge is 2.45. The Morgan fingerprint density at radius 3 is 2.75 bits per heavy atom. The Bertz CT molecular complexity index is 779. The summed E-state index contributed by atoms with van der Waals surface area (Å²) < 4.78 is 20.8. The van der Waals surface area contributed by atoms with Gasteiger partial charge in [0.1, 0.15) is 18.5 Å². The van der Waals surface area contributed by atoms with E-state index in [4.69, 9.17) is 24.1 Å². The molecule has 178 valence electrons. The summed E-state index contributed by atoms with van der Waals surface area (Å²) in [5, 5.41) is 19.7. The van der Waals surface area contributed by atoms with Crippen molar-refractivity contribution in [3.63, 3.8) is 0 Å². The van der Waals surface area contributed by atoms with Gasteiger partial charge in [-0.25, -0.2) is 9.59 Å². The molecule has 0 saturated heterocycles. The molecule has 2 N–H and O–H groups in total. The number of hydrogen-bond donors (Lipinski definition) is 2. The summed E-state index contributed by atoms with van der Waals surface area (Å²) in [5.74, 6) is 0.449. The van der Waals surface area contributed by atoms with Crippen molar-refractivity contribution in [1.29, 1.82) is 0 Å². The predicted molar refractivity (Wildman–Crippen MR) is 116 cm³/mol. The molecule has 0 amide bonds. The Hall–Kier alpha value is -2.32. The third-order valence-electron chi connectivity index (χ3n) is 6.74. The number of rotatable bonds is 11. The van der Waals surface area contributed by atoms with Crippen molar-refractivity contribution in [3.8, 4) is 5.75 Å². The minimum Gasteiger partial charge on any atom is -0.482 e. The number of benzene rings is 1. The molecule has 3 rings (SSSR count). The van der Waals surface area contributed by atoms with Crippen LogP contribution in [-0.2, 0) is 31.8 Å². The lowest BCUT2D eigenvalue weighted by atomic mass is 9.73. The van der Waals surface area contributed by atoms with E-state index in [1.807, 2.05) is 19.1 Å². The van der Waals surface area contributed by atoms with Gasteiger partial charge in [0.2, 0.25) is 0 Å². The van der Waals surface area contributed by atoms with E-state index in [0.29, 0.717) is 37.0 Å². The molecule has 2 aliphatic carbocycles. The van der Waals surface area contributed by atoms with E-state index >= 15 is 0 Å². The van der Waals surface area contributed by atoms with E-state index < -0.39 is 18.2 Å². The van der Waals surface area contributed by atoms with Gasteiger partial charge in [-0.1, -0.05) is 19.1 Å². The Kier molecular flexibility index (Phi) is 8.75. The number of aliphatic hydroxyl groups excluding tert-OH is 1. The SMILES string of the molecule is CC[C@@H](CC[C@@H]1[C@H]2Cc3cccc(OCC(=O)O)c3C[C@H]2C[C@H]1O)OC(=O)OCCOC. The van der Waals surface area contributed by atoms with Crippen LogP contribution in [0.3, 0.4) is 0 Å². The maximum atomic E-state index is 11.8. The number of ether oxygens (including phenoxy) is 4. The molecule has 0 spiro atoms. The Labute approximate surface area is 188 Å². The molecule has 0 unspecified atom stereocenters.